The highest BCUT2D eigenvalue weighted by Crippen LogP contribution is 2.62. The number of hydrogen-bond donors (Lipinski definition) is 0. The number of esters is 1. The van der Waals surface area contributed by atoms with Crippen LogP contribution in [0.5, 0.6) is 0 Å². The van der Waals surface area contributed by atoms with Crippen molar-refractivity contribution >= 4 is 23.4 Å². The molecular weight excluding hydrogens is 336 g/mol. The Labute approximate surface area is 155 Å². The highest BCUT2D eigenvalue weighted by Gasteiger charge is 2.57. The first-order valence-electron chi connectivity index (χ1n) is 9.82. The van der Waals surface area contributed by atoms with Crippen LogP contribution in [0.2, 0.25) is 0 Å². The van der Waals surface area contributed by atoms with E-state index in [0.29, 0.717) is 17.6 Å². The van der Waals surface area contributed by atoms with Crippen LogP contribution in [0, 0.1) is 22.7 Å². The molecule has 0 unspecified atom stereocenters. The third kappa shape index (κ3) is 2.52. The number of Topliss-reactive ketones (excluding diaryl/α,β-unsaturated/α-hetero) is 1. The highest BCUT2D eigenvalue weighted by molar-refractivity contribution is 6.21. The second-order valence-corrected chi connectivity index (χ2v) is 9.72. The maximum atomic E-state index is 12.5. The summed E-state index contributed by atoms with van der Waals surface area (Å²) in [6.45, 7) is 5.96. The Bertz CT molecular complexity index is 654. The summed E-state index contributed by atoms with van der Waals surface area (Å²) in [7, 11) is 0. The quantitative estimate of drug-likeness (QED) is 0.381. The standard InChI is InChI=1S/C21H29ClO3/c1-12(23)25-13-4-5-16-14-8-9-20(2)17(6-7-19(20)24)15(14)10-18(22)21(16,3)11-13/h13,15,17-18H,4-11H2,1-3H3/t13-,15+,17-,18+,20-,21+/m0/s1. The molecule has 0 heterocycles. The van der Waals surface area contributed by atoms with Crippen molar-refractivity contribution in [2.24, 2.45) is 22.7 Å². The highest BCUT2D eigenvalue weighted by atomic mass is 35.5. The van der Waals surface area contributed by atoms with E-state index in [1.165, 1.54) is 12.5 Å². The van der Waals surface area contributed by atoms with Crippen LogP contribution < -0.4 is 0 Å². The van der Waals surface area contributed by atoms with Crippen molar-refractivity contribution in [2.75, 3.05) is 0 Å². The van der Waals surface area contributed by atoms with Gasteiger partial charge in [-0.1, -0.05) is 25.0 Å². The molecule has 6 atom stereocenters. The number of fused-ring (bicyclic) bond motifs is 4. The summed E-state index contributed by atoms with van der Waals surface area (Å²) in [6.07, 6.45) is 7.53. The third-order valence-electron chi connectivity index (χ3n) is 7.91. The van der Waals surface area contributed by atoms with Crippen LogP contribution >= 0.6 is 11.6 Å². The average Bonchev–Trinajstić information content (AvgIpc) is 2.83. The number of ketones is 1. The molecule has 0 amide bonds. The minimum atomic E-state index is -0.192. The molecule has 0 aromatic rings. The van der Waals surface area contributed by atoms with Gasteiger partial charge in [-0.3, -0.25) is 9.59 Å². The molecule has 25 heavy (non-hydrogen) atoms. The fraction of sp³-hybridized carbons (Fsp3) is 0.810. The number of allylic oxidation sites excluding steroid dienone is 2. The van der Waals surface area contributed by atoms with Crippen LogP contribution in [0.3, 0.4) is 0 Å². The number of ether oxygens (including phenoxy) is 1. The summed E-state index contributed by atoms with van der Waals surface area (Å²) in [5.41, 5.74) is 2.96. The van der Waals surface area contributed by atoms with Gasteiger partial charge in [0.15, 0.2) is 0 Å². The zero-order valence-electron chi connectivity index (χ0n) is 15.6. The van der Waals surface area contributed by atoms with Gasteiger partial charge >= 0.3 is 5.97 Å². The van der Waals surface area contributed by atoms with E-state index in [1.807, 2.05) is 0 Å². The van der Waals surface area contributed by atoms with E-state index in [4.69, 9.17) is 16.3 Å². The van der Waals surface area contributed by atoms with E-state index in [0.717, 1.165) is 51.4 Å². The predicted molar refractivity (Wildman–Crippen MR) is 97.4 cm³/mol. The summed E-state index contributed by atoms with van der Waals surface area (Å²) in [5.74, 6) is 1.25. The fourth-order valence-corrected chi connectivity index (χ4v) is 6.94. The number of carbonyl (C=O) groups is 2. The van der Waals surface area contributed by atoms with Crippen LogP contribution in [-0.4, -0.2) is 23.2 Å². The topological polar surface area (TPSA) is 43.4 Å². The summed E-state index contributed by atoms with van der Waals surface area (Å²) >= 11 is 6.97. The summed E-state index contributed by atoms with van der Waals surface area (Å²) in [6, 6.07) is 0. The number of hydrogen-bond acceptors (Lipinski definition) is 3. The summed E-state index contributed by atoms with van der Waals surface area (Å²) in [4.78, 5) is 23.9. The second-order valence-electron chi connectivity index (χ2n) is 9.19. The van der Waals surface area contributed by atoms with Crippen molar-refractivity contribution in [1.29, 1.82) is 0 Å². The number of rotatable bonds is 1. The van der Waals surface area contributed by atoms with Crippen molar-refractivity contribution in [3.05, 3.63) is 11.1 Å². The van der Waals surface area contributed by atoms with Gasteiger partial charge in [0, 0.05) is 29.6 Å². The van der Waals surface area contributed by atoms with Crippen molar-refractivity contribution < 1.29 is 14.3 Å². The van der Waals surface area contributed by atoms with Gasteiger partial charge in [-0.25, -0.2) is 0 Å². The van der Waals surface area contributed by atoms with Gasteiger partial charge in [-0.2, -0.15) is 0 Å². The fourth-order valence-electron chi connectivity index (χ4n) is 6.52. The smallest absolute Gasteiger partial charge is 0.302 e. The van der Waals surface area contributed by atoms with Crippen LogP contribution in [0.4, 0.5) is 0 Å². The lowest BCUT2D eigenvalue weighted by molar-refractivity contribution is -0.149. The average molecular weight is 365 g/mol. The van der Waals surface area contributed by atoms with E-state index < -0.39 is 0 Å². The molecule has 3 nitrogen and oxygen atoms in total. The zero-order valence-corrected chi connectivity index (χ0v) is 16.3. The number of carbonyl (C=O) groups excluding carboxylic acids is 2. The van der Waals surface area contributed by atoms with Gasteiger partial charge in [0.05, 0.1) is 0 Å². The molecule has 4 heteroatoms. The molecular formula is C21H29ClO3. The van der Waals surface area contributed by atoms with E-state index in [2.05, 4.69) is 13.8 Å². The van der Waals surface area contributed by atoms with E-state index >= 15 is 0 Å². The van der Waals surface area contributed by atoms with Gasteiger partial charge in [0.2, 0.25) is 0 Å². The molecule has 0 N–H and O–H groups in total. The Morgan fingerprint density at radius 1 is 1.16 bits per heavy atom. The molecule has 138 valence electrons. The minimum Gasteiger partial charge on any atom is -0.463 e. The maximum Gasteiger partial charge on any atom is 0.302 e. The lowest BCUT2D eigenvalue weighted by atomic mass is 9.53. The lowest BCUT2D eigenvalue weighted by Gasteiger charge is -2.54. The second kappa shape index (κ2) is 5.84. The van der Waals surface area contributed by atoms with Crippen LogP contribution in [-0.2, 0) is 14.3 Å². The van der Waals surface area contributed by atoms with Crippen molar-refractivity contribution in [2.45, 2.75) is 83.6 Å². The van der Waals surface area contributed by atoms with Crippen molar-refractivity contribution in [3.63, 3.8) is 0 Å². The van der Waals surface area contributed by atoms with Gasteiger partial charge < -0.3 is 4.74 Å². The molecule has 4 aliphatic rings. The maximum absolute atomic E-state index is 12.5. The van der Waals surface area contributed by atoms with Gasteiger partial charge in [0.25, 0.3) is 0 Å². The minimum absolute atomic E-state index is 0.00781. The van der Waals surface area contributed by atoms with Gasteiger partial charge in [0.1, 0.15) is 11.9 Å². The predicted octanol–water partition coefficient (Wildman–Crippen LogP) is 4.81. The Morgan fingerprint density at radius 3 is 2.64 bits per heavy atom. The number of alkyl halides is 1. The van der Waals surface area contributed by atoms with Crippen molar-refractivity contribution in [3.8, 4) is 0 Å². The van der Waals surface area contributed by atoms with Crippen molar-refractivity contribution in [1.82, 2.24) is 0 Å². The van der Waals surface area contributed by atoms with Gasteiger partial charge in [-0.15, -0.1) is 11.6 Å². The molecule has 4 rings (SSSR count). The molecule has 0 radical (unpaired) electrons. The van der Waals surface area contributed by atoms with Crippen LogP contribution in [0.15, 0.2) is 11.1 Å². The molecule has 0 aromatic carbocycles. The SMILES string of the molecule is CC(=O)O[C@H]1CCC2=C3CC[C@]4(C)C(=O)CC[C@H]4[C@@H]3C[C@@H](Cl)[C@]2(C)C1. The van der Waals surface area contributed by atoms with E-state index in [1.54, 1.807) is 5.57 Å². The lowest BCUT2D eigenvalue weighted by Crippen LogP contribution is -2.49. The molecule has 0 aliphatic heterocycles. The van der Waals surface area contributed by atoms with E-state index in [-0.39, 0.29) is 28.3 Å². The van der Waals surface area contributed by atoms with E-state index in [9.17, 15) is 9.59 Å². The molecule has 4 aliphatic carbocycles. The first-order valence-corrected chi connectivity index (χ1v) is 10.3. The largest absolute Gasteiger partial charge is 0.463 e. The zero-order chi connectivity index (χ0) is 18.0. The summed E-state index contributed by atoms with van der Waals surface area (Å²) < 4.78 is 5.52. The van der Waals surface area contributed by atoms with Crippen LogP contribution in [0.25, 0.3) is 0 Å². The first kappa shape index (κ1) is 17.6. The normalized spacial score (nSPS) is 46.3. The van der Waals surface area contributed by atoms with Gasteiger partial charge in [-0.05, 0) is 56.8 Å². The van der Waals surface area contributed by atoms with Crippen LogP contribution in [0.1, 0.15) is 72.1 Å². The molecule has 3 fully saturated rings. The Kier molecular flexibility index (Phi) is 4.10. The molecule has 0 saturated heterocycles. The third-order valence-corrected chi connectivity index (χ3v) is 8.57. The molecule has 0 bridgehead atoms. The Morgan fingerprint density at radius 2 is 1.92 bits per heavy atom. The first-order chi connectivity index (χ1) is 11.8. The Balaban J connectivity index is 1.68. The summed E-state index contributed by atoms with van der Waals surface area (Å²) in [5, 5.41) is 0.0626. The number of halogens is 1. The Hall–Kier alpha value is -0.830. The molecule has 0 spiro atoms. The monoisotopic (exact) mass is 364 g/mol. The molecule has 3 saturated carbocycles. The molecule has 0 aromatic heterocycles.